The minimum absolute atomic E-state index is 0.0285. The summed E-state index contributed by atoms with van der Waals surface area (Å²) < 4.78 is 1.76. The molecule has 2 fully saturated rings. The molecule has 1 aliphatic heterocycles. The van der Waals surface area contributed by atoms with E-state index in [0.29, 0.717) is 12.2 Å². The van der Waals surface area contributed by atoms with Crippen LogP contribution in [0, 0.1) is 5.92 Å². The third kappa shape index (κ3) is 3.72. The van der Waals surface area contributed by atoms with Gasteiger partial charge in [-0.2, -0.15) is 5.10 Å². The third-order valence-corrected chi connectivity index (χ3v) is 5.71. The van der Waals surface area contributed by atoms with Crippen LogP contribution in [0.3, 0.4) is 0 Å². The fourth-order valence-electron chi connectivity index (χ4n) is 4.31. The van der Waals surface area contributed by atoms with Crippen LogP contribution in [0.4, 0.5) is 0 Å². The zero-order valence-corrected chi connectivity index (χ0v) is 15.5. The van der Waals surface area contributed by atoms with Crippen molar-refractivity contribution in [1.29, 1.82) is 0 Å². The number of fused-ring (bicyclic) bond motifs is 1. The Balaban J connectivity index is 1.88. The first-order valence-corrected chi connectivity index (χ1v) is 9.71. The maximum absolute atomic E-state index is 13.3. The van der Waals surface area contributed by atoms with Crippen LogP contribution in [0.1, 0.15) is 62.4 Å². The van der Waals surface area contributed by atoms with Crippen molar-refractivity contribution in [2.75, 3.05) is 20.1 Å². The Morgan fingerprint density at radius 3 is 2.68 bits per heavy atom. The number of hydrogen-bond acceptors (Lipinski definition) is 3. The minimum atomic E-state index is -0.0509. The molecule has 1 aliphatic carbocycles. The van der Waals surface area contributed by atoms with Crippen LogP contribution in [0.5, 0.6) is 0 Å². The second-order valence-corrected chi connectivity index (χ2v) is 7.31. The monoisotopic (exact) mass is 346 g/mol. The van der Waals surface area contributed by atoms with Gasteiger partial charge in [-0.3, -0.25) is 14.3 Å². The van der Waals surface area contributed by atoms with Crippen LogP contribution < -0.4 is 0 Å². The lowest BCUT2D eigenvalue weighted by Crippen LogP contribution is -2.48. The lowest BCUT2D eigenvalue weighted by molar-refractivity contribution is -0.135. The molecule has 1 saturated heterocycles. The van der Waals surface area contributed by atoms with E-state index < -0.39 is 0 Å². The molecule has 6 nitrogen and oxygen atoms in total. The first-order valence-electron chi connectivity index (χ1n) is 9.71. The van der Waals surface area contributed by atoms with Gasteiger partial charge in [0.2, 0.25) is 5.91 Å². The van der Waals surface area contributed by atoms with Gasteiger partial charge in [0.25, 0.3) is 5.91 Å². The lowest BCUT2D eigenvalue weighted by atomic mass is 9.99. The van der Waals surface area contributed by atoms with Crippen LogP contribution in [0.2, 0.25) is 0 Å². The van der Waals surface area contributed by atoms with E-state index in [9.17, 15) is 9.59 Å². The summed E-state index contributed by atoms with van der Waals surface area (Å²) in [5.41, 5.74) is 0.642. The van der Waals surface area contributed by atoms with E-state index in [4.69, 9.17) is 0 Å². The van der Waals surface area contributed by atoms with Gasteiger partial charge in [0.05, 0.1) is 5.92 Å². The number of rotatable bonds is 2. The summed E-state index contributed by atoms with van der Waals surface area (Å²) in [6, 6.07) is 1.83. The highest BCUT2D eigenvalue weighted by Crippen LogP contribution is 2.33. The van der Waals surface area contributed by atoms with Crippen molar-refractivity contribution < 1.29 is 9.59 Å². The SMILES string of the molecule is CCn1nccc1C(=O)N1CCCCCCN(C)C(=O)C2CCCC21. The Hall–Kier alpha value is -1.85. The molecular weight excluding hydrogens is 316 g/mol. The number of carbonyl (C=O) groups is 2. The van der Waals surface area contributed by atoms with Crippen LogP contribution >= 0.6 is 0 Å². The Morgan fingerprint density at radius 1 is 1.16 bits per heavy atom. The topological polar surface area (TPSA) is 58.4 Å². The molecule has 6 heteroatoms. The first-order chi connectivity index (χ1) is 12.1. The van der Waals surface area contributed by atoms with E-state index in [1.807, 2.05) is 23.8 Å². The van der Waals surface area contributed by atoms with Crippen LogP contribution in [0.25, 0.3) is 0 Å². The molecule has 25 heavy (non-hydrogen) atoms. The van der Waals surface area contributed by atoms with Crippen molar-refractivity contribution in [2.45, 2.75) is 64.5 Å². The molecule has 1 saturated carbocycles. The molecule has 2 atom stereocenters. The smallest absolute Gasteiger partial charge is 0.272 e. The van der Waals surface area contributed by atoms with Gasteiger partial charge in [0.15, 0.2) is 0 Å². The van der Waals surface area contributed by atoms with Gasteiger partial charge in [-0.15, -0.1) is 0 Å². The van der Waals surface area contributed by atoms with E-state index in [0.717, 1.165) is 58.0 Å². The van der Waals surface area contributed by atoms with Crippen molar-refractivity contribution in [3.8, 4) is 0 Å². The first kappa shape index (κ1) is 18.0. The lowest BCUT2D eigenvalue weighted by Gasteiger charge is -2.34. The molecule has 0 bridgehead atoms. The molecule has 2 aliphatic rings. The molecule has 1 aromatic rings. The highest BCUT2D eigenvalue weighted by atomic mass is 16.2. The summed E-state index contributed by atoms with van der Waals surface area (Å²) in [4.78, 5) is 30.0. The van der Waals surface area contributed by atoms with E-state index in [1.54, 1.807) is 16.9 Å². The molecule has 2 unspecified atom stereocenters. The Kier molecular flexibility index (Phi) is 5.76. The van der Waals surface area contributed by atoms with E-state index >= 15 is 0 Å². The molecule has 3 rings (SSSR count). The Labute approximate surface area is 150 Å². The van der Waals surface area contributed by atoms with Gasteiger partial charge >= 0.3 is 0 Å². The van der Waals surface area contributed by atoms with Gasteiger partial charge in [0.1, 0.15) is 5.69 Å². The van der Waals surface area contributed by atoms with Crippen molar-refractivity contribution in [2.24, 2.45) is 5.92 Å². The largest absolute Gasteiger partial charge is 0.345 e. The van der Waals surface area contributed by atoms with Gasteiger partial charge in [-0.25, -0.2) is 0 Å². The Morgan fingerprint density at radius 2 is 1.92 bits per heavy atom. The number of hydrogen-bond donors (Lipinski definition) is 0. The van der Waals surface area contributed by atoms with Crippen molar-refractivity contribution in [3.05, 3.63) is 18.0 Å². The number of amides is 2. The maximum atomic E-state index is 13.3. The second kappa shape index (κ2) is 8.02. The third-order valence-electron chi connectivity index (χ3n) is 5.71. The maximum Gasteiger partial charge on any atom is 0.272 e. The van der Waals surface area contributed by atoms with Gasteiger partial charge in [0, 0.05) is 38.9 Å². The molecule has 0 radical (unpaired) electrons. The van der Waals surface area contributed by atoms with E-state index in [1.165, 1.54) is 0 Å². The molecule has 2 amide bonds. The number of aryl methyl sites for hydroxylation is 1. The van der Waals surface area contributed by atoms with E-state index in [-0.39, 0.29) is 23.8 Å². The highest BCUT2D eigenvalue weighted by molar-refractivity contribution is 5.93. The Bertz CT molecular complexity index is 612. The normalized spacial score (nSPS) is 25.6. The van der Waals surface area contributed by atoms with E-state index in [2.05, 4.69) is 5.10 Å². The molecule has 2 heterocycles. The van der Waals surface area contributed by atoms with Gasteiger partial charge in [-0.05, 0) is 38.7 Å². The molecule has 138 valence electrons. The van der Waals surface area contributed by atoms with Crippen LogP contribution in [0.15, 0.2) is 12.3 Å². The highest BCUT2D eigenvalue weighted by Gasteiger charge is 2.40. The molecule has 0 spiro atoms. The predicted octanol–water partition coefficient (Wildman–Crippen LogP) is 2.55. The summed E-state index contributed by atoms with van der Waals surface area (Å²) in [7, 11) is 1.91. The number of carbonyl (C=O) groups excluding carboxylic acids is 2. The zero-order valence-electron chi connectivity index (χ0n) is 15.5. The summed E-state index contributed by atoms with van der Waals surface area (Å²) in [6.45, 7) is 4.25. The average Bonchev–Trinajstić information content (AvgIpc) is 3.27. The van der Waals surface area contributed by atoms with Crippen LogP contribution in [-0.4, -0.2) is 57.6 Å². The molecule has 1 aromatic heterocycles. The summed E-state index contributed by atoms with van der Waals surface area (Å²) in [5.74, 6) is 0.196. The fraction of sp³-hybridized carbons (Fsp3) is 0.737. The number of nitrogens with zero attached hydrogens (tertiary/aromatic N) is 4. The second-order valence-electron chi connectivity index (χ2n) is 7.31. The molecule has 0 aromatic carbocycles. The average molecular weight is 346 g/mol. The fourth-order valence-corrected chi connectivity index (χ4v) is 4.31. The molecular formula is C19H30N4O2. The summed E-state index contributed by atoms with van der Waals surface area (Å²) >= 11 is 0. The van der Waals surface area contributed by atoms with Gasteiger partial charge in [-0.1, -0.05) is 19.3 Å². The quantitative estimate of drug-likeness (QED) is 0.827. The zero-order chi connectivity index (χ0) is 17.8. The van der Waals surface area contributed by atoms with Crippen LogP contribution in [-0.2, 0) is 11.3 Å². The van der Waals surface area contributed by atoms with Crippen molar-refractivity contribution in [3.63, 3.8) is 0 Å². The minimum Gasteiger partial charge on any atom is -0.345 e. The summed E-state index contributed by atoms with van der Waals surface area (Å²) in [6.07, 6.45) is 8.81. The van der Waals surface area contributed by atoms with Gasteiger partial charge < -0.3 is 9.80 Å². The summed E-state index contributed by atoms with van der Waals surface area (Å²) in [5, 5.41) is 4.25. The number of aromatic nitrogens is 2. The van der Waals surface area contributed by atoms with Crippen molar-refractivity contribution >= 4 is 11.8 Å². The molecule has 0 N–H and O–H groups in total. The predicted molar refractivity (Wildman–Crippen MR) is 96.2 cm³/mol. The van der Waals surface area contributed by atoms with Crippen molar-refractivity contribution in [1.82, 2.24) is 19.6 Å². The standard InChI is InChI=1S/C19H30N4O2/c1-3-23-17(11-12-20-23)19(25)22-14-7-5-4-6-13-21(2)18(24)15-9-8-10-16(15)22/h11-12,15-16H,3-10,13-14H2,1-2H3.